The Labute approximate surface area is 110 Å². The van der Waals surface area contributed by atoms with Gasteiger partial charge in [0.05, 0.1) is 18.8 Å². The van der Waals surface area contributed by atoms with Crippen LogP contribution in [0, 0.1) is 0 Å². The molecule has 6 atom stereocenters. The molecule has 0 aromatic rings. The Hall–Kier alpha value is -0.800. The molecule has 4 N–H and O–H groups in total. The largest absolute Gasteiger partial charge is 0.388 e. The van der Waals surface area contributed by atoms with Gasteiger partial charge in [-0.3, -0.25) is 9.18 Å². The van der Waals surface area contributed by atoms with Gasteiger partial charge in [-0.05, 0) is 6.92 Å². The zero-order valence-electron chi connectivity index (χ0n) is 10.8. The van der Waals surface area contributed by atoms with Crippen LogP contribution in [0.4, 0.5) is 4.39 Å². The Bertz CT molecular complexity index is 305. The van der Waals surface area contributed by atoms with Crippen LogP contribution in [0.2, 0.25) is 0 Å². The van der Waals surface area contributed by atoms with E-state index in [9.17, 15) is 24.5 Å². The molecule has 1 aliphatic rings. The first-order chi connectivity index (χ1) is 8.92. The van der Waals surface area contributed by atoms with Gasteiger partial charge in [0.15, 0.2) is 6.29 Å². The zero-order chi connectivity index (χ0) is 14.6. The lowest BCUT2D eigenvalue weighted by Gasteiger charge is -2.41. The number of hydrogen-bond acceptors (Lipinski definition) is 6. The number of rotatable bonds is 5. The molecule has 19 heavy (non-hydrogen) atoms. The van der Waals surface area contributed by atoms with E-state index in [0.29, 0.717) is 0 Å². The molecule has 7 nitrogen and oxygen atoms in total. The van der Waals surface area contributed by atoms with Crippen LogP contribution in [0.5, 0.6) is 0 Å². The molecule has 8 heteroatoms. The van der Waals surface area contributed by atoms with Crippen molar-refractivity contribution in [1.82, 2.24) is 5.32 Å². The molecule has 1 rings (SSSR count). The first-order valence-corrected chi connectivity index (χ1v) is 6.01. The summed E-state index contributed by atoms with van der Waals surface area (Å²) in [7, 11) is 1.32. The van der Waals surface area contributed by atoms with Gasteiger partial charge in [0.25, 0.3) is 0 Å². The van der Waals surface area contributed by atoms with Crippen LogP contribution < -0.4 is 5.32 Å². The molecule has 0 saturated carbocycles. The smallest absolute Gasteiger partial charge is 0.249 e. The quantitative estimate of drug-likeness (QED) is 0.478. The predicted molar refractivity (Wildman–Crippen MR) is 61.9 cm³/mol. The van der Waals surface area contributed by atoms with Gasteiger partial charge in [-0.1, -0.05) is 0 Å². The highest BCUT2D eigenvalue weighted by atomic mass is 19.1. The van der Waals surface area contributed by atoms with Gasteiger partial charge >= 0.3 is 0 Å². The molecule has 0 radical (unpaired) electrons. The normalized spacial score (nSPS) is 36.8. The van der Waals surface area contributed by atoms with Crippen LogP contribution in [0.1, 0.15) is 13.3 Å². The second-order valence-electron chi connectivity index (χ2n) is 4.45. The number of carbonyl (C=O) groups excluding carboxylic acids is 1. The number of alkyl halides is 1. The minimum atomic E-state index is -1.50. The lowest BCUT2D eigenvalue weighted by Crippen LogP contribution is -2.63. The van der Waals surface area contributed by atoms with E-state index in [2.05, 4.69) is 5.32 Å². The predicted octanol–water partition coefficient (Wildman–Crippen LogP) is -1.70. The molecule has 1 heterocycles. The van der Waals surface area contributed by atoms with E-state index in [1.54, 1.807) is 6.92 Å². The number of ether oxygens (including phenoxy) is 2. The second kappa shape index (κ2) is 7.11. The van der Waals surface area contributed by atoms with Crippen LogP contribution in [-0.2, 0) is 14.3 Å². The Kier molecular flexibility index (Phi) is 6.08. The molecule has 1 fully saturated rings. The number of amides is 1. The highest BCUT2D eigenvalue weighted by Crippen LogP contribution is 2.21. The third-order valence-corrected chi connectivity index (χ3v) is 3.08. The van der Waals surface area contributed by atoms with Crippen LogP contribution >= 0.6 is 0 Å². The molecular formula is C11H20FNO6. The fourth-order valence-corrected chi connectivity index (χ4v) is 1.92. The summed E-state index contributed by atoms with van der Waals surface area (Å²) < 4.78 is 22.1. The summed E-state index contributed by atoms with van der Waals surface area (Å²) in [5, 5.41) is 31.3. The first-order valence-electron chi connectivity index (χ1n) is 6.01. The molecule has 0 spiro atoms. The van der Waals surface area contributed by atoms with Crippen molar-refractivity contribution in [2.75, 3.05) is 13.8 Å². The van der Waals surface area contributed by atoms with Crippen molar-refractivity contribution in [3.8, 4) is 0 Å². The van der Waals surface area contributed by atoms with E-state index in [1.807, 2.05) is 0 Å². The van der Waals surface area contributed by atoms with E-state index >= 15 is 0 Å². The average Bonchev–Trinajstić information content (AvgIpc) is 2.38. The SMILES string of the molecule is CO[C@H]1O[C@H](C)[C@@H](NC(=O)[C@@H](O)CCF)[C@H](O)[C@@H]1O. The number of carbonyl (C=O) groups is 1. The number of halogens is 1. The summed E-state index contributed by atoms with van der Waals surface area (Å²) in [5.41, 5.74) is 0. The minimum Gasteiger partial charge on any atom is -0.388 e. The highest BCUT2D eigenvalue weighted by molar-refractivity contribution is 5.80. The van der Waals surface area contributed by atoms with E-state index in [1.165, 1.54) is 7.11 Å². The number of aliphatic hydroxyl groups is 3. The summed E-state index contributed by atoms with van der Waals surface area (Å²) >= 11 is 0. The van der Waals surface area contributed by atoms with Crippen molar-refractivity contribution in [3.63, 3.8) is 0 Å². The summed E-state index contributed by atoms with van der Waals surface area (Å²) in [4.78, 5) is 11.5. The van der Waals surface area contributed by atoms with E-state index in [0.717, 1.165) is 0 Å². The fourth-order valence-electron chi connectivity index (χ4n) is 1.92. The maximum Gasteiger partial charge on any atom is 0.249 e. The lowest BCUT2D eigenvalue weighted by molar-refractivity contribution is -0.263. The van der Waals surface area contributed by atoms with Crippen LogP contribution in [0.15, 0.2) is 0 Å². The molecule has 1 aliphatic heterocycles. The van der Waals surface area contributed by atoms with Crippen molar-refractivity contribution in [3.05, 3.63) is 0 Å². The third kappa shape index (κ3) is 3.83. The number of methoxy groups -OCH3 is 1. The van der Waals surface area contributed by atoms with Gasteiger partial charge in [-0.15, -0.1) is 0 Å². The summed E-state index contributed by atoms with van der Waals surface area (Å²) in [6.45, 7) is 0.746. The Morgan fingerprint density at radius 1 is 1.47 bits per heavy atom. The van der Waals surface area contributed by atoms with Crippen molar-refractivity contribution in [1.29, 1.82) is 0 Å². The first kappa shape index (κ1) is 16.3. The molecule has 112 valence electrons. The molecule has 1 amide bonds. The minimum absolute atomic E-state index is 0.326. The highest BCUT2D eigenvalue weighted by Gasteiger charge is 2.43. The second-order valence-corrected chi connectivity index (χ2v) is 4.45. The monoisotopic (exact) mass is 281 g/mol. The third-order valence-electron chi connectivity index (χ3n) is 3.08. The van der Waals surface area contributed by atoms with Gasteiger partial charge in [-0.2, -0.15) is 0 Å². The summed E-state index contributed by atoms with van der Waals surface area (Å²) in [6.07, 6.45) is -6.09. The van der Waals surface area contributed by atoms with Crippen molar-refractivity contribution < 1.29 is 34.0 Å². The van der Waals surface area contributed by atoms with E-state index < -0.39 is 49.3 Å². The Balaban J connectivity index is 2.64. The Morgan fingerprint density at radius 2 is 2.11 bits per heavy atom. The van der Waals surface area contributed by atoms with Gasteiger partial charge in [0, 0.05) is 13.5 Å². The average molecular weight is 281 g/mol. The fraction of sp³-hybridized carbons (Fsp3) is 0.909. The van der Waals surface area contributed by atoms with Gasteiger partial charge in [-0.25, -0.2) is 0 Å². The van der Waals surface area contributed by atoms with Crippen molar-refractivity contribution in [2.45, 2.75) is 50.1 Å². The molecule has 0 aromatic heterocycles. The maximum atomic E-state index is 12.0. The van der Waals surface area contributed by atoms with Crippen molar-refractivity contribution in [2.24, 2.45) is 0 Å². The number of nitrogens with one attached hydrogen (secondary N) is 1. The lowest BCUT2D eigenvalue weighted by atomic mass is 9.96. The van der Waals surface area contributed by atoms with Crippen LogP contribution in [0.25, 0.3) is 0 Å². The molecule has 0 aliphatic carbocycles. The number of hydrogen-bond donors (Lipinski definition) is 4. The molecule has 0 aromatic carbocycles. The standard InChI is InChI=1S/C11H20FNO6/c1-5-7(13-10(17)6(14)3-4-12)8(15)9(16)11(18-2)19-5/h5-9,11,14-16H,3-4H2,1-2H3,(H,13,17)/t5-,6+,7-,8+,9+,11+/m1/s1. The molecule has 0 bridgehead atoms. The van der Waals surface area contributed by atoms with Gasteiger partial charge < -0.3 is 30.1 Å². The maximum absolute atomic E-state index is 12.0. The van der Waals surface area contributed by atoms with Gasteiger partial charge in [0.2, 0.25) is 5.91 Å². The van der Waals surface area contributed by atoms with E-state index in [-0.39, 0.29) is 6.42 Å². The summed E-state index contributed by atoms with van der Waals surface area (Å²) in [5.74, 6) is -0.819. The zero-order valence-corrected chi connectivity index (χ0v) is 10.8. The molecular weight excluding hydrogens is 261 g/mol. The van der Waals surface area contributed by atoms with Crippen LogP contribution in [-0.4, -0.2) is 71.8 Å². The van der Waals surface area contributed by atoms with Gasteiger partial charge in [0.1, 0.15) is 18.3 Å². The van der Waals surface area contributed by atoms with Crippen LogP contribution in [0.3, 0.4) is 0 Å². The number of aliphatic hydroxyl groups excluding tert-OH is 3. The van der Waals surface area contributed by atoms with Crippen molar-refractivity contribution >= 4 is 5.91 Å². The molecule has 0 unspecified atom stereocenters. The molecule has 1 saturated heterocycles. The van der Waals surface area contributed by atoms with E-state index in [4.69, 9.17) is 9.47 Å². The topological polar surface area (TPSA) is 108 Å². The summed E-state index contributed by atoms with van der Waals surface area (Å²) in [6, 6.07) is -0.914. The Morgan fingerprint density at radius 3 is 2.63 bits per heavy atom.